The highest BCUT2D eigenvalue weighted by atomic mass is 16.5. The molecule has 0 unspecified atom stereocenters. The van der Waals surface area contributed by atoms with Gasteiger partial charge < -0.3 is 25.3 Å². The second-order valence-electron chi connectivity index (χ2n) is 8.53. The fraction of sp³-hybridized carbons (Fsp3) is 0.400. The van der Waals surface area contributed by atoms with Crippen LogP contribution in [0.25, 0.3) is 6.08 Å². The molecule has 0 spiro atoms. The van der Waals surface area contributed by atoms with Gasteiger partial charge in [0.25, 0.3) is 5.56 Å². The summed E-state index contributed by atoms with van der Waals surface area (Å²) in [5, 5.41) is 3.71. The molecule has 1 saturated heterocycles. The minimum atomic E-state index is -0.0603. The molecular weight excluding hydrogens is 399 g/mol. The summed E-state index contributed by atoms with van der Waals surface area (Å²) in [5.74, 6) is 0.576. The van der Waals surface area contributed by atoms with Crippen molar-refractivity contribution in [1.82, 2.24) is 14.8 Å². The lowest BCUT2D eigenvalue weighted by molar-refractivity contribution is 0.190. The molecular formula is C25H35BN4O2. The Morgan fingerprint density at radius 2 is 2.03 bits per heavy atom. The van der Waals surface area contributed by atoms with E-state index in [-0.39, 0.29) is 5.56 Å². The smallest absolute Gasteiger partial charge is 0.251 e. The Morgan fingerprint density at radius 1 is 1.28 bits per heavy atom. The number of allylic oxidation sites excluding steroid dienone is 1. The standard InChI is InChI=1S/C25H35BN4O2/c1-4-21(32-3)16-24-23(27)7-8-25(31)30(24)14-13-29-11-9-20(10-12-29)28-17-19-5-6-22(26)18(2)15-19/h4-8,15-16,20,28H,1,9-14,17,26-27H2,2-3H3/b21-16+. The molecule has 6 nitrogen and oxygen atoms in total. The molecule has 1 aromatic heterocycles. The maximum Gasteiger partial charge on any atom is 0.251 e. The van der Waals surface area contributed by atoms with Crippen molar-refractivity contribution in [2.45, 2.75) is 38.9 Å². The van der Waals surface area contributed by atoms with Crippen LogP contribution in [0.5, 0.6) is 0 Å². The Hall–Kier alpha value is -2.77. The number of likely N-dealkylation sites (tertiary alicyclic amines) is 1. The van der Waals surface area contributed by atoms with Gasteiger partial charge >= 0.3 is 0 Å². The van der Waals surface area contributed by atoms with Gasteiger partial charge in [0.15, 0.2) is 0 Å². The summed E-state index contributed by atoms with van der Waals surface area (Å²) < 4.78 is 7.01. The Bertz CT molecular complexity index is 1020. The van der Waals surface area contributed by atoms with Gasteiger partial charge in [0, 0.05) is 37.8 Å². The molecule has 2 aromatic rings. The summed E-state index contributed by atoms with van der Waals surface area (Å²) in [4.78, 5) is 14.9. The maximum atomic E-state index is 12.5. The summed E-state index contributed by atoms with van der Waals surface area (Å²) in [6, 6.07) is 10.4. The van der Waals surface area contributed by atoms with Gasteiger partial charge in [-0.25, -0.2) is 0 Å². The average molecular weight is 434 g/mol. The van der Waals surface area contributed by atoms with Crippen molar-refractivity contribution in [3.05, 3.63) is 75.9 Å². The Balaban J connectivity index is 1.54. The first-order valence-corrected chi connectivity index (χ1v) is 11.3. The fourth-order valence-corrected chi connectivity index (χ4v) is 4.12. The number of rotatable bonds is 9. The number of ether oxygens (including phenoxy) is 1. The van der Waals surface area contributed by atoms with Crippen LogP contribution in [0, 0.1) is 6.92 Å². The molecule has 170 valence electrons. The lowest BCUT2D eigenvalue weighted by Crippen LogP contribution is -2.43. The molecule has 0 saturated carbocycles. The number of nitrogens with zero attached hydrogens (tertiary/aromatic N) is 2. The van der Waals surface area contributed by atoms with E-state index in [0.717, 1.165) is 39.0 Å². The zero-order valence-electron chi connectivity index (χ0n) is 19.6. The van der Waals surface area contributed by atoms with Gasteiger partial charge in [-0.2, -0.15) is 0 Å². The molecule has 1 aliphatic heterocycles. The fourth-order valence-electron chi connectivity index (χ4n) is 4.12. The van der Waals surface area contributed by atoms with Crippen molar-refractivity contribution < 1.29 is 4.74 Å². The minimum absolute atomic E-state index is 0.0603. The number of nitrogens with two attached hydrogens (primary N) is 1. The number of benzene rings is 1. The number of aryl methyl sites for hydroxylation is 1. The second kappa shape index (κ2) is 11.2. The Labute approximate surface area is 192 Å². The van der Waals surface area contributed by atoms with E-state index in [2.05, 4.69) is 49.8 Å². The monoisotopic (exact) mass is 434 g/mol. The van der Waals surface area contributed by atoms with Crippen LogP contribution in [0.1, 0.15) is 29.7 Å². The molecule has 2 heterocycles. The molecule has 7 heteroatoms. The third kappa shape index (κ3) is 6.14. The van der Waals surface area contributed by atoms with Crippen LogP contribution in [-0.2, 0) is 17.8 Å². The van der Waals surface area contributed by atoms with E-state index in [1.165, 1.54) is 22.7 Å². The highest BCUT2D eigenvalue weighted by Crippen LogP contribution is 2.16. The van der Waals surface area contributed by atoms with E-state index in [4.69, 9.17) is 10.5 Å². The van der Waals surface area contributed by atoms with Crippen LogP contribution in [0.2, 0.25) is 0 Å². The topological polar surface area (TPSA) is 72.5 Å². The van der Waals surface area contributed by atoms with Gasteiger partial charge in [-0.1, -0.05) is 35.8 Å². The lowest BCUT2D eigenvalue weighted by Gasteiger charge is -2.32. The summed E-state index contributed by atoms with van der Waals surface area (Å²) in [6.45, 7) is 10.2. The van der Waals surface area contributed by atoms with E-state index in [1.807, 2.05) is 0 Å². The number of hydrogen-bond donors (Lipinski definition) is 2. The number of anilines is 1. The number of aromatic nitrogens is 1. The molecule has 1 aliphatic rings. The zero-order chi connectivity index (χ0) is 23.1. The molecule has 3 rings (SSSR count). The molecule has 0 aliphatic carbocycles. The quantitative estimate of drug-likeness (QED) is 0.355. The van der Waals surface area contributed by atoms with E-state index < -0.39 is 0 Å². The van der Waals surface area contributed by atoms with Crippen molar-refractivity contribution in [2.24, 2.45) is 0 Å². The third-order valence-corrected chi connectivity index (χ3v) is 6.37. The summed E-state index contributed by atoms with van der Waals surface area (Å²) in [7, 11) is 3.72. The zero-order valence-corrected chi connectivity index (χ0v) is 19.6. The van der Waals surface area contributed by atoms with E-state index in [9.17, 15) is 4.79 Å². The van der Waals surface area contributed by atoms with Crippen molar-refractivity contribution in [3.8, 4) is 0 Å². The maximum absolute atomic E-state index is 12.5. The summed E-state index contributed by atoms with van der Waals surface area (Å²) >= 11 is 0. The van der Waals surface area contributed by atoms with E-state index in [0.29, 0.717) is 29.7 Å². The number of methoxy groups -OCH3 is 1. The van der Waals surface area contributed by atoms with Crippen LogP contribution >= 0.6 is 0 Å². The van der Waals surface area contributed by atoms with Gasteiger partial charge in [-0.15, -0.1) is 0 Å². The molecule has 0 atom stereocenters. The largest absolute Gasteiger partial charge is 0.497 e. The normalized spacial score (nSPS) is 15.6. The van der Waals surface area contributed by atoms with E-state index >= 15 is 0 Å². The first-order chi connectivity index (χ1) is 15.4. The molecule has 1 aromatic carbocycles. The molecule has 1 fully saturated rings. The van der Waals surface area contributed by atoms with Crippen LogP contribution in [-0.4, -0.2) is 50.1 Å². The predicted molar refractivity (Wildman–Crippen MR) is 136 cm³/mol. The molecule has 0 amide bonds. The van der Waals surface area contributed by atoms with Crippen LogP contribution < -0.4 is 22.1 Å². The number of nitrogen functional groups attached to an aromatic ring is 1. The van der Waals surface area contributed by atoms with Gasteiger partial charge in [-0.3, -0.25) is 4.79 Å². The Morgan fingerprint density at radius 3 is 2.69 bits per heavy atom. The predicted octanol–water partition coefficient (Wildman–Crippen LogP) is 1.42. The number of pyridine rings is 1. The highest BCUT2D eigenvalue weighted by Gasteiger charge is 2.19. The number of piperidine rings is 1. The average Bonchev–Trinajstić information content (AvgIpc) is 2.80. The van der Waals surface area contributed by atoms with Crippen LogP contribution in [0.3, 0.4) is 0 Å². The van der Waals surface area contributed by atoms with E-state index in [1.54, 1.807) is 29.9 Å². The van der Waals surface area contributed by atoms with Crippen LogP contribution in [0.15, 0.2) is 53.5 Å². The molecule has 32 heavy (non-hydrogen) atoms. The van der Waals surface area contributed by atoms with Crippen LogP contribution in [0.4, 0.5) is 5.69 Å². The van der Waals surface area contributed by atoms with Crippen molar-refractivity contribution >= 4 is 25.1 Å². The third-order valence-electron chi connectivity index (χ3n) is 6.37. The second-order valence-corrected chi connectivity index (χ2v) is 8.53. The molecule has 0 radical (unpaired) electrons. The van der Waals surface area contributed by atoms with Crippen molar-refractivity contribution in [1.29, 1.82) is 0 Å². The first-order valence-electron chi connectivity index (χ1n) is 11.3. The van der Waals surface area contributed by atoms with Gasteiger partial charge in [0.05, 0.1) is 18.5 Å². The number of nitrogens with one attached hydrogen (secondary N) is 1. The molecule has 0 bridgehead atoms. The molecule has 3 N–H and O–H groups in total. The van der Waals surface area contributed by atoms with Gasteiger partial charge in [-0.05, 0) is 50.6 Å². The minimum Gasteiger partial charge on any atom is -0.497 e. The SMILES string of the molecule is Bc1ccc(CNC2CCN(CCn3c(/C=C(\C=C)OC)c(N)ccc3=O)CC2)cc1C. The lowest BCUT2D eigenvalue weighted by atomic mass is 9.90. The Kier molecular flexibility index (Phi) is 8.36. The van der Waals surface area contributed by atoms with Crippen molar-refractivity contribution in [3.63, 3.8) is 0 Å². The number of hydrogen-bond acceptors (Lipinski definition) is 5. The van der Waals surface area contributed by atoms with Gasteiger partial charge in [0.1, 0.15) is 13.6 Å². The van der Waals surface area contributed by atoms with Gasteiger partial charge in [0.2, 0.25) is 0 Å². The highest BCUT2D eigenvalue weighted by molar-refractivity contribution is 6.33. The summed E-state index contributed by atoms with van der Waals surface area (Å²) in [6.07, 6.45) is 5.59. The first kappa shape index (κ1) is 23.9. The van der Waals surface area contributed by atoms with Crippen molar-refractivity contribution in [2.75, 3.05) is 32.5 Å². The summed E-state index contributed by atoms with van der Waals surface area (Å²) in [5.41, 5.74) is 11.3.